The highest BCUT2D eigenvalue weighted by Crippen LogP contribution is 2.37. The number of aromatic nitrogens is 2. The van der Waals surface area contributed by atoms with E-state index in [0.29, 0.717) is 24.0 Å². The summed E-state index contributed by atoms with van der Waals surface area (Å²) in [5.74, 6) is 0. The fourth-order valence-electron chi connectivity index (χ4n) is 3.32. The van der Waals surface area contributed by atoms with Crippen LogP contribution in [0, 0.1) is 0 Å². The molecule has 5 heteroatoms. The molecule has 3 aromatic carbocycles. The van der Waals surface area contributed by atoms with E-state index in [1.54, 1.807) is 10.7 Å². The predicted octanol–water partition coefficient (Wildman–Crippen LogP) is 5.96. The molecule has 0 saturated heterocycles. The first kappa shape index (κ1) is 17.3. The van der Waals surface area contributed by atoms with Gasteiger partial charge in [-0.05, 0) is 18.1 Å². The van der Waals surface area contributed by atoms with Crippen LogP contribution in [0.4, 0.5) is 13.2 Å². The molecule has 27 heavy (non-hydrogen) atoms. The van der Waals surface area contributed by atoms with Crippen LogP contribution in [0.2, 0.25) is 0 Å². The number of nitrogens with zero attached hydrogens (tertiary/aromatic N) is 2. The average molecular weight is 366 g/mol. The topological polar surface area (TPSA) is 17.8 Å². The Bertz CT molecular complexity index is 1050. The summed E-state index contributed by atoms with van der Waals surface area (Å²) in [6.45, 7) is 0.500. The Morgan fingerprint density at radius 1 is 0.778 bits per heavy atom. The number of alkyl halides is 3. The van der Waals surface area contributed by atoms with Gasteiger partial charge >= 0.3 is 6.18 Å². The van der Waals surface area contributed by atoms with Gasteiger partial charge in [-0.25, -0.2) is 0 Å². The second-order valence-corrected chi connectivity index (χ2v) is 6.37. The summed E-state index contributed by atoms with van der Waals surface area (Å²) >= 11 is 0. The minimum Gasteiger partial charge on any atom is -0.263 e. The fraction of sp³-hybridized carbons (Fsp3) is 0.136. The summed E-state index contributed by atoms with van der Waals surface area (Å²) < 4.78 is 42.1. The van der Waals surface area contributed by atoms with Gasteiger partial charge in [-0.15, -0.1) is 0 Å². The van der Waals surface area contributed by atoms with E-state index < -0.39 is 11.7 Å². The molecule has 0 fully saturated rings. The maximum atomic E-state index is 13.5. The quantitative estimate of drug-likeness (QED) is 0.435. The minimum absolute atomic E-state index is 0.00286. The molecule has 0 atom stereocenters. The molecule has 136 valence electrons. The van der Waals surface area contributed by atoms with Crippen LogP contribution in [0.25, 0.3) is 22.2 Å². The van der Waals surface area contributed by atoms with Gasteiger partial charge in [-0.2, -0.15) is 18.3 Å². The molecule has 0 saturated carbocycles. The molecule has 4 rings (SSSR count). The van der Waals surface area contributed by atoms with Gasteiger partial charge in [0.05, 0.1) is 11.3 Å². The maximum Gasteiger partial charge on any atom is 0.418 e. The molecule has 2 nitrogen and oxygen atoms in total. The van der Waals surface area contributed by atoms with Crippen molar-refractivity contribution >= 4 is 10.9 Å². The third kappa shape index (κ3) is 3.45. The van der Waals surface area contributed by atoms with E-state index in [4.69, 9.17) is 0 Å². The van der Waals surface area contributed by atoms with Gasteiger partial charge in [-0.3, -0.25) is 4.68 Å². The van der Waals surface area contributed by atoms with Crippen LogP contribution in [0.5, 0.6) is 0 Å². The zero-order valence-corrected chi connectivity index (χ0v) is 14.4. The standard InChI is InChI=1S/C22H17F3N2/c23-22(24,25)19-13-7-12-18-20(19)26-27(15-14-16-8-3-1-4-9-16)21(18)17-10-5-2-6-11-17/h1-13H,14-15H2. The first-order valence-electron chi connectivity index (χ1n) is 8.70. The lowest BCUT2D eigenvalue weighted by atomic mass is 10.0. The molecule has 1 heterocycles. The Morgan fingerprint density at radius 2 is 1.44 bits per heavy atom. The van der Waals surface area contributed by atoms with Gasteiger partial charge in [0.1, 0.15) is 5.52 Å². The highest BCUT2D eigenvalue weighted by Gasteiger charge is 2.34. The molecule has 0 unspecified atom stereocenters. The first-order chi connectivity index (χ1) is 13.0. The highest BCUT2D eigenvalue weighted by molar-refractivity contribution is 5.95. The molecule has 0 aliphatic heterocycles. The lowest BCUT2D eigenvalue weighted by molar-refractivity contribution is -0.136. The van der Waals surface area contributed by atoms with Crippen molar-refractivity contribution in [3.63, 3.8) is 0 Å². The fourth-order valence-corrected chi connectivity index (χ4v) is 3.32. The van der Waals surface area contributed by atoms with E-state index in [1.807, 2.05) is 60.7 Å². The summed E-state index contributed by atoms with van der Waals surface area (Å²) in [6, 6.07) is 23.5. The average Bonchev–Trinajstić information content (AvgIpc) is 3.05. The van der Waals surface area contributed by atoms with Crippen LogP contribution in [0.1, 0.15) is 11.1 Å². The normalized spacial score (nSPS) is 11.8. The molecule has 0 bridgehead atoms. The van der Waals surface area contributed by atoms with Gasteiger partial charge < -0.3 is 0 Å². The third-order valence-corrected chi connectivity index (χ3v) is 4.58. The SMILES string of the molecule is FC(F)(F)c1cccc2c(-c3ccccc3)n(CCc3ccccc3)nc12. The minimum atomic E-state index is -4.44. The van der Waals surface area contributed by atoms with Crippen LogP contribution in [0.3, 0.4) is 0 Å². The Morgan fingerprint density at radius 3 is 2.11 bits per heavy atom. The van der Waals surface area contributed by atoms with E-state index in [1.165, 1.54) is 6.07 Å². The number of hydrogen-bond donors (Lipinski definition) is 0. The number of benzene rings is 3. The zero-order valence-electron chi connectivity index (χ0n) is 14.4. The smallest absolute Gasteiger partial charge is 0.263 e. The van der Waals surface area contributed by atoms with Gasteiger partial charge in [0.2, 0.25) is 0 Å². The molecular weight excluding hydrogens is 349 g/mol. The first-order valence-corrected chi connectivity index (χ1v) is 8.70. The van der Waals surface area contributed by atoms with Crippen molar-refractivity contribution in [1.29, 1.82) is 0 Å². The van der Waals surface area contributed by atoms with Crippen molar-refractivity contribution in [1.82, 2.24) is 9.78 Å². The van der Waals surface area contributed by atoms with Crippen LogP contribution in [0.15, 0.2) is 78.9 Å². The van der Waals surface area contributed by atoms with Gasteiger partial charge in [-0.1, -0.05) is 72.8 Å². The van der Waals surface area contributed by atoms with Gasteiger partial charge in [0.15, 0.2) is 0 Å². The van der Waals surface area contributed by atoms with E-state index in [0.717, 1.165) is 17.2 Å². The summed E-state index contributed by atoms with van der Waals surface area (Å²) in [6.07, 6.45) is -3.75. The van der Waals surface area contributed by atoms with Crippen molar-refractivity contribution in [3.8, 4) is 11.3 Å². The van der Waals surface area contributed by atoms with Crippen LogP contribution in [-0.4, -0.2) is 9.78 Å². The zero-order chi connectivity index (χ0) is 18.9. The number of aryl methyl sites for hydroxylation is 2. The number of hydrogen-bond acceptors (Lipinski definition) is 1. The summed E-state index contributed by atoms with van der Waals surface area (Å²) in [5, 5.41) is 4.88. The second kappa shape index (κ2) is 6.91. The van der Waals surface area contributed by atoms with Gasteiger partial charge in [0, 0.05) is 17.5 Å². The van der Waals surface area contributed by atoms with Crippen LogP contribution >= 0.6 is 0 Å². The summed E-state index contributed by atoms with van der Waals surface area (Å²) in [7, 11) is 0. The van der Waals surface area contributed by atoms with E-state index in [2.05, 4.69) is 5.10 Å². The van der Waals surface area contributed by atoms with E-state index in [9.17, 15) is 13.2 Å². The molecule has 0 aliphatic rings. The Hall–Kier alpha value is -3.08. The molecule has 0 amide bonds. The number of fused-ring (bicyclic) bond motifs is 1. The van der Waals surface area contributed by atoms with E-state index >= 15 is 0 Å². The van der Waals surface area contributed by atoms with Crippen molar-refractivity contribution in [2.24, 2.45) is 0 Å². The second-order valence-electron chi connectivity index (χ2n) is 6.37. The largest absolute Gasteiger partial charge is 0.418 e. The van der Waals surface area contributed by atoms with Crippen LogP contribution in [-0.2, 0) is 19.1 Å². The number of halogens is 3. The van der Waals surface area contributed by atoms with Crippen molar-refractivity contribution in [3.05, 3.63) is 90.0 Å². The van der Waals surface area contributed by atoms with Crippen molar-refractivity contribution in [2.75, 3.05) is 0 Å². The lowest BCUT2D eigenvalue weighted by Gasteiger charge is -2.08. The maximum absolute atomic E-state index is 13.5. The summed E-state index contributed by atoms with van der Waals surface area (Å²) in [5.41, 5.74) is 1.99. The van der Waals surface area contributed by atoms with Gasteiger partial charge in [0.25, 0.3) is 0 Å². The van der Waals surface area contributed by atoms with Crippen molar-refractivity contribution < 1.29 is 13.2 Å². The van der Waals surface area contributed by atoms with E-state index in [-0.39, 0.29) is 5.52 Å². The third-order valence-electron chi connectivity index (χ3n) is 4.58. The monoisotopic (exact) mass is 366 g/mol. The lowest BCUT2D eigenvalue weighted by Crippen LogP contribution is -2.07. The molecule has 1 aromatic heterocycles. The molecule has 4 aromatic rings. The predicted molar refractivity (Wildman–Crippen MR) is 100 cm³/mol. The summed E-state index contributed by atoms with van der Waals surface area (Å²) in [4.78, 5) is 0. The molecule has 0 spiro atoms. The Kier molecular flexibility index (Phi) is 4.44. The number of rotatable bonds is 4. The molecular formula is C22H17F3N2. The van der Waals surface area contributed by atoms with Crippen LogP contribution < -0.4 is 0 Å². The Labute approximate surface area is 154 Å². The molecule has 0 aliphatic carbocycles. The molecule has 0 N–H and O–H groups in total. The molecule has 0 radical (unpaired) electrons. The Balaban J connectivity index is 1.86. The highest BCUT2D eigenvalue weighted by atomic mass is 19.4. The van der Waals surface area contributed by atoms with Crippen molar-refractivity contribution in [2.45, 2.75) is 19.1 Å².